The Balaban J connectivity index is 1.98. The van der Waals surface area contributed by atoms with Crippen LogP contribution in [0.25, 0.3) is 5.47 Å². The van der Waals surface area contributed by atoms with E-state index in [0.29, 0.717) is 12.5 Å². The molecule has 1 nitrogen and oxygen atoms in total. The minimum Gasteiger partial charge on any atom is -0.380 e. The average molecular weight is 448 g/mol. The summed E-state index contributed by atoms with van der Waals surface area (Å²) in [6.45, 7) is 0.180. The zero-order valence-electron chi connectivity index (χ0n) is 18.9. The van der Waals surface area contributed by atoms with Crippen LogP contribution in [0, 0.1) is 23.4 Å². The third-order valence-electron chi connectivity index (χ3n) is 6.59. The first-order chi connectivity index (χ1) is 16.1. The normalized spacial score (nSPS) is 15.3. The van der Waals surface area contributed by atoms with E-state index in [-0.39, 0.29) is 24.2 Å². The average Bonchev–Trinajstić information content (AvgIpc) is 2.84. The van der Waals surface area contributed by atoms with Gasteiger partial charge in [0.15, 0.2) is 0 Å². The maximum Gasteiger partial charge on any atom is 0.242 e. The maximum absolute atomic E-state index is 13.9. The zero-order valence-corrected chi connectivity index (χ0v) is 18.9. The van der Waals surface area contributed by atoms with Gasteiger partial charge in [-0.2, -0.15) is 0 Å². The van der Waals surface area contributed by atoms with Gasteiger partial charge in [0, 0.05) is 7.11 Å². The molecule has 0 heterocycles. The van der Waals surface area contributed by atoms with Gasteiger partial charge in [-0.1, -0.05) is 72.1 Å². The number of methoxy groups -OCH3 is 1. The lowest BCUT2D eigenvalue weighted by molar-refractivity contribution is 0.210. The number of ether oxygens (including phenoxy) is 1. The Morgan fingerprint density at radius 2 is 1.18 bits per heavy atom. The molecular weight excluding hydrogens is 420 g/mol. The zero-order chi connectivity index (χ0) is 23.2. The molecule has 1 fully saturated rings. The third-order valence-corrected chi connectivity index (χ3v) is 6.59. The maximum atomic E-state index is 13.9. The van der Waals surface area contributed by atoms with Crippen molar-refractivity contribution >= 4 is 23.1 Å². The van der Waals surface area contributed by atoms with Crippen molar-refractivity contribution in [2.45, 2.75) is 32.1 Å². The molecule has 1 aliphatic carbocycles. The first-order valence-corrected chi connectivity index (χ1v) is 11.6. The van der Waals surface area contributed by atoms with E-state index in [0.717, 1.165) is 47.6 Å². The molecule has 0 bridgehead atoms. The molecule has 0 aromatic heterocycles. The second kappa shape index (κ2) is 10.9. The van der Waals surface area contributed by atoms with Gasteiger partial charge < -0.3 is 4.74 Å². The van der Waals surface area contributed by atoms with E-state index in [9.17, 15) is 13.2 Å². The van der Waals surface area contributed by atoms with Crippen molar-refractivity contribution in [3.63, 3.8) is 0 Å². The molecular formula is C28H28BF3O. The minimum atomic E-state index is -0.312. The van der Waals surface area contributed by atoms with Crippen LogP contribution in [0.2, 0.25) is 0 Å². The van der Waals surface area contributed by atoms with Gasteiger partial charge in [0.25, 0.3) is 0 Å². The van der Waals surface area contributed by atoms with Crippen molar-refractivity contribution in [2.24, 2.45) is 5.92 Å². The van der Waals surface area contributed by atoms with E-state index in [1.165, 1.54) is 48.4 Å². The Morgan fingerprint density at radius 3 is 1.64 bits per heavy atom. The van der Waals surface area contributed by atoms with Gasteiger partial charge in [-0.25, -0.2) is 13.2 Å². The second-order valence-electron chi connectivity index (χ2n) is 8.75. The smallest absolute Gasteiger partial charge is 0.242 e. The standard InChI is InChI=1S/C28H28BF3O/c1-33-19-27(20-5-3-2-4-6-20)28(21-7-13-24(30)14-8-21)29(22-9-15-25(31)16-10-22)23-11-17-26(32)18-12-23/h7-18,20H,2-6,19H2,1H3/b28-27+. The van der Waals surface area contributed by atoms with Gasteiger partial charge in [-0.15, -0.1) is 0 Å². The molecule has 0 N–H and O–H groups in total. The molecule has 0 saturated heterocycles. The summed E-state index contributed by atoms with van der Waals surface area (Å²) in [5, 5.41) is 0. The van der Waals surface area contributed by atoms with Gasteiger partial charge in [-0.05, 0) is 66.3 Å². The molecule has 3 aromatic carbocycles. The second-order valence-corrected chi connectivity index (χ2v) is 8.75. The molecule has 0 atom stereocenters. The van der Waals surface area contributed by atoms with Crippen LogP contribution in [-0.2, 0) is 4.74 Å². The molecule has 33 heavy (non-hydrogen) atoms. The highest BCUT2D eigenvalue weighted by Crippen LogP contribution is 2.35. The first-order valence-electron chi connectivity index (χ1n) is 11.6. The summed E-state index contributed by atoms with van der Waals surface area (Å²) in [5.41, 5.74) is 4.90. The summed E-state index contributed by atoms with van der Waals surface area (Å²) >= 11 is 0. The monoisotopic (exact) mass is 448 g/mol. The molecule has 0 spiro atoms. The summed E-state index contributed by atoms with van der Waals surface area (Å²) in [7, 11) is 1.69. The SMILES string of the molecule is COC/C(=C(\B(c1ccc(F)cc1)c1ccc(F)cc1)c1ccc(F)cc1)C1CCCCC1. The fraction of sp³-hybridized carbons (Fsp3) is 0.286. The Kier molecular flexibility index (Phi) is 7.71. The highest BCUT2D eigenvalue weighted by atomic mass is 19.1. The van der Waals surface area contributed by atoms with Crippen molar-refractivity contribution in [2.75, 3.05) is 13.7 Å². The summed E-state index contributed by atoms with van der Waals surface area (Å²) in [6, 6.07) is 19.4. The van der Waals surface area contributed by atoms with Crippen molar-refractivity contribution in [3.05, 3.63) is 101 Å². The molecule has 3 aromatic rings. The van der Waals surface area contributed by atoms with Crippen molar-refractivity contribution < 1.29 is 17.9 Å². The molecule has 4 rings (SSSR count). The summed E-state index contributed by atoms with van der Waals surface area (Å²) in [4.78, 5) is 0. The molecule has 1 saturated carbocycles. The van der Waals surface area contributed by atoms with Crippen LogP contribution in [0.4, 0.5) is 13.2 Å². The van der Waals surface area contributed by atoms with Gasteiger partial charge in [0.05, 0.1) is 6.61 Å². The first kappa shape index (κ1) is 23.4. The third kappa shape index (κ3) is 5.59. The predicted octanol–water partition coefficient (Wildman–Crippen LogP) is 5.93. The lowest BCUT2D eigenvalue weighted by atomic mass is 9.34. The van der Waals surface area contributed by atoms with Gasteiger partial charge in [-0.3, -0.25) is 0 Å². The molecule has 5 heteroatoms. The van der Waals surface area contributed by atoms with Gasteiger partial charge in [0.1, 0.15) is 17.5 Å². The van der Waals surface area contributed by atoms with E-state index >= 15 is 0 Å². The van der Waals surface area contributed by atoms with Crippen molar-refractivity contribution in [1.29, 1.82) is 0 Å². The van der Waals surface area contributed by atoms with E-state index in [1.807, 2.05) is 0 Å². The molecule has 0 amide bonds. The highest BCUT2D eigenvalue weighted by Gasteiger charge is 2.31. The Bertz CT molecular complexity index is 1020. The van der Waals surface area contributed by atoms with Gasteiger partial charge in [0.2, 0.25) is 6.71 Å². The van der Waals surface area contributed by atoms with E-state index in [2.05, 4.69) is 0 Å². The van der Waals surface area contributed by atoms with Crippen LogP contribution in [0.5, 0.6) is 0 Å². The summed E-state index contributed by atoms with van der Waals surface area (Å²) in [6.07, 6.45) is 5.69. The Labute approximate surface area is 194 Å². The quantitative estimate of drug-likeness (QED) is 0.407. The molecule has 0 unspecified atom stereocenters. The molecule has 0 aliphatic heterocycles. The van der Waals surface area contributed by atoms with E-state index in [4.69, 9.17) is 4.74 Å². The van der Waals surface area contributed by atoms with Crippen LogP contribution in [-0.4, -0.2) is 20.4 Å². The van der Waals surface area contributed by atoms with Crippen LogP contribution in [0.15, 0.2) is 78.4 Å². The number of hydrogen-bond acceptors (Lipinski definition) is 1. The fourth-order valence-corrected chi connectivity index (χ4v) is 5.03. The highest BCUT2D eigenvalue weighted by molar-refractivity contribution is 6.99. The Morgan fingerprint density at radius 1 is 0.727 bits per heavy atom. The fourth-order valence-electron chi connectivity index (χ4n) is 5.03. The topological polar surface area (TPSA) is 9.23 Å². The van der Waals surface area contributed by atoms with Gasteiger partial charge >= 0.3 is 0 Å². The molecule has 0 radical (unpaired) electrons. The predicted molar refractivity (Wildman–Crippen MR) is 130 cm³/mol. The number of hydrogen-bond donors (Lipinski definition) is 0. The number of benzene rings is 3. The number of rotatable bonds is 7. The van der Waals surface area contributed by atoms with E-state index < -0.39 is 0 Å². The number of halogens is 3. The minimum absolute atomic E-state index is 0.274. The summed E-state index contributed by atoms with van der Waals surface area (Å²) < 4.78 is 47.2. The summed E-state index contributed by atoms with van der Waals surface area (Å²) in [5.74, 6) is -0.576. The van der Waals surface area contributed by atoms with Crippen molar-refractivity contribution in [1.82, 2.24) is 0 Å². The molecule has 170 valence electrons. The van der Waals surface area contributed by atoms with Crippen LogP contribution in [0.1, 0.15) is 37.7 Å². The molecule has 1 aliphatic rings. The van der Waals surface area contributed by atoms with Crippen LogP contribution in [0.3, 0.4) is 0 Å². The van der Waals surface area contributed by atoms with E-state index in [1.54, 1.807) is 43.5 Å². The Hall–Kier alpha value is -2.79. The van der Waals surface area contributed by atoms with Crippen LogP contribution < -0.4 is 10.9 Å². The lowest BCUT2D eigenvalue weighted by Gasteiger charge is -2.30. The largest absolute Gasteiger partial charge is 0.380 e. The van der Waals surface area contributed by atoms with Crippen LogP contribution >= 0.6 is 0 Å². The van der Waals surface area contributed by atoms with Crippen molar-refractivity contribution in [3.8, 4) is 0 Å². The lowest BCUT2D eigenvalue weighted by Crippen LogP contribution is -2.45.